The number of ether oxygens (including phenoxy) is 1. The molecule has 0 saturated carbocycles. The molecule has 1 aromatic rings. The molecule has 23 heavy (non-hydrogen) atoms. The van der Waals surface area contributed by atoms with Crippen molar-refractivity contribution >= 4 is 11.8 Å². The Morgan fingerprint density at radius 1 is 1.30 bits per heavy atom. The molecule has 0 heterocycles. The van der Waals surface area contributed by atoms with Gasteiger partial charge in [-0.3, -0.25) is 4.79 Å². The highest BCUT2D eigenvalue weighted by Crippen LogP contribution is 2.43. The first-order chi connectivity index (χ1) is 10.6. The smallest absolute Gasteiger partial charge is 0.335 e. The topological polar surface area (TPSA) is 83.8 Å². The van der Waals surface area contributed by atoms with E-state index in [-0.39, 0.29) is 11.3 Å². The quantitative estimate of drug-likeness (QED) is 0.891. The molecule has 0 amide bonds. The molecule has 1 aliphatic rings. The van der Waals surface area contributed by atoms with Crippen molar-refractivity contribution in [3.63, 3.8) is 0 Å². The molecule has 2 rings (SSSR count). The van der Waals surface area contributed by atoms with Crippen LogP contribution in [0.2, 0.25) is 0 Å². The molecule has 1 aromatic carbocycles. The average Bonchev–Trinajstić information content (AvgIpc) is 2.48. The number of methoxy groups -OCH3 is 1. The summed E-state index contributed by atoms with van der Waals surface area (Å²) in [5, 5.41) is 19.9. The van der Waals surface area contributed by atoms with E-state index in [0.717, 1.165) is 0 Å². The van der Waals surface area contributed by atoms with Crippen molar-refractivity contribution in [2.75, 3.05) is 7.11 Å². The molecule has 1 aliphatic carbocycles. The van der Waals surface area contributed by atoms with E-state index in [9.17, 15) is 19.8 Å². The Hall–Kier alpha value is -2.14. The van der Waals surface area contributed by atoms with Crippen LogP contribution in [0.15, 0.2) is 30.4 Å². The SMILES string of the molecule is COc1ccc(C(=O)O)cc1C[C@H]1C(C)(C)C(=O)C=C[C@]1(C)O. The van der Waals surface area contributed by atoms with Gasteiger partial charge in [0.25, 0.3) is 0 Å². The monoisotopic (exact) mass is 318 g/mol. The number of allylic oxidation sites excluding steroid dienone is 1. The van der Waals surface area contributed by atoms with Crippen LogP contribution >= 0.6 is 0 Å². The number of carbonyl (C=O) groups is 2. The number of ketones is 1. The number of carboxylic acids is 1. The van der Waals surface area contributed by atoms with Crippen LogP contribution in [-0.2, 0) is 11.2 Å². The molecular formula is C18H22O5. The maximum absolute atomic E-state index is 12.2. The van der Waals surface area contributed by atoms with Gasteiger partial charge < -0.3 is 14.9 Å². The average molecular weight is 318 g/mol. The zero-order chi connectivity index (χ0) is 17.4. The van der Waals surface area contributed by atoms with E-state index < -0.39 is 22.9 Å². The Kier molecular flexibility index (Phi) is 4.35. The summed E-state index contributed by atoms with van der Waals surface area (Å²) in [4.78, 5) is 23.4. The number of hydrogen-bond donors (Lipinski definition) is 2. The summed E-state index contributed by atoms with van der Waals surface area (Å²) < 4.78 is 5.31. The van der Waals surface area contributed by atoms with E-state index in [1.54, 1.807) is 26.8 Å². The standard InChI is InChI=1S/C18H22O5/c1-17(2)14(18(3,22)8-7-15(17)19)10-12-9-11(16(20)21)5-6-13(12)23-4/h5-9,14,22H,10H2,1-4H3,(H,20,21)/t14-,18-/m0/s1. The van der Waals surface area contributed by atoms with Gasteiger partial charge in [-0.15, -0.1) is 0 Å². The molecule has 124 valence electrons. The van der Waals surface area contributed by atoms with Gasteiger partial charge in [-0.1, -0.05) is 13.8 Å². The third kappa shape index (κ3) is 3.15. The van der Waals surface area contributed by atoms with Crippen molar-refractivity contribution < 1.29 is 24.5 Å². The van der Waals surface area contributed by atoms with Gasteiger partial charge in [-0.2, -0.15) is 0 Å². The minimum Gasteiger partial charge on any atom is -0.496 e. The van der Waals surface area contributed by atoms with Crippen LogP contribution in [0.3, 0.4) is 0 Å². The molecule has 5 heteroatoms. The predicted molar refractivity (Wildman–Crippen MR) is 85.7 cm³/mol. The van der Waals surface area contributed by atoms with Crippen molar-refractivity contribution in [3.8, 4) is 5.75 Å². The van der Waals surface area contributed by atoms with Crippen LogP contribution in [0.5, 0.6) is 5.75 Å². The lowest BCUT2D eigenvalue weighted by atomic mass is 9.62. The normalized spacial score (nSPS) is 26.1. The molecule has 0 saturated heterocycles. The zero-order valence-electron chi connectivity index (χ0n) is 13.8. The molecule has 0 aliphatic heterocycles. The van der Waals surface area contributed by atoms with Crippen molar-refractivity contribution in [3.05, 3.63) is 41.5 Å². The molecule has 0 bridgehead atoms. The summed E-state index contributed by atoms with van der Waals surface area (Å²) in [5.41, 5.74) is -1.12. The fourth-order valence-corrected chi connectivity index (χ4v) is 3.23. The maximum Gasteiger partial charge on any atom is 0.335 e. The number of benzene rings is 1. The molecule has 0 spiro atoms. The summed E-state index contributed by atoms with van der Waals surface area (Å²) in [5.74, 6) is -0.934. The minimum absolute atomic E-state index is 0.0534. The van der Waals surface area contributed by atoms with Crippen LogP contribution in [0, 0.1) is 11.3 Å². The molecule has 2 atom stereocenters. The van der Waals surface area contributed by atoms with Crippen LogP contribution in [0.25, 0.3) is 0 Å². The molecule has 0 unspecified atom stereocenters. The maximum atomic E-state index is 12.2. The summed E-state index contributed by atoms with van der Waals surface area (Å²) in [7, 11) is 1.51. The van der Waals surface area contributed by atoms with Gasteiger partial charge in [0.1, 0.15) is 5.75 Å². The van der Waals surface area contributed by atoms with Gasteiger partial charge in [-0.25, -0.2) is 4.79 Å². The Bertz CT molecular complexity index is 670. The van der Waals surface area contributed by atoms with E-state index in [0.29, 0.717) is 17.7 Å². The summed E-state index contributed by atoms with van der Waals surface area (Å²) in [6.07, 6.45) is 3.26. The number of aliphatic hydroxyl groups is 1. The molecule has 2 N–H and O–H groups in total. The lowest BCUT2D eigenvalue weighted by Crippen LogP contribution is -2.49. The highest BCUT2D eigenvalue weighted by atomic mass is 16.5. The second-order valence-corrected chi connectivity index (χ2v) is 6.73. The highest BCUT2D eigenvalue weighted by molar-refractivity contribution is 5.96. The largest absolute Gasteiger partial charge is 0.496 e. The molecular weight excluding hydrogens is 296 g/mol. The van der Waals surface area contributed by atoms with Gasteiger partial charge in [-0.05, 0) is 49.3 Å². The second-order valence-electron chi connectivity index (χ2n) is 6.73. The van der Waals surface area contributed by atoms with Gasteiger partial charge in [0.05, 0.1) is 18.3 Å². The molecule has 5 nitrogen and oxygen atoms in total. The summed E-state index contributed by atoms with van der Waals surface area (Å²) >= 11 is 0. The zero-order valence-corrected chi connectivity index (χ0v) is 13.8. The second kappa shape index (κ2) is 5.81. The van der Waals surface area contributed by atoms with Crippen molar-refractivity contribution in [2.24, 2.45) is 11.3 Å². The molecule has 0 radical (unpaired) electrons. The lowest BCUT2D eigenvalue weighted by Gasteiger charge is -2.43. The van der Waals surface area contributed by atoms with E-state index >= 15 is 0 Å². The fraction of sp³-hybridized carbons (Fsp3) is 0.444. The van der Waals surface area contributed by atoms with Gasteiger partial charge in [0, 0.05) is 11.3 Å². The highest BCUT2D eigenvalue weighted by Gasteiger charge is 2.47. The first-order valence-electron chi connectivity index (χ1n) is 7.46. The van der Waals surface area contributed by atoms with Crippen LogP contribution in [0.1, 0.15) is 36.7 Å². The Balaban J connectivity index is 2.47. The van der Waals surface area contributed by atoms with Crippen LogP contribution in [0.4, 0.5) is 0 Å². The first kappa shape index (κ1) is 17.2. The minimum atomic E-state index is -1.17. The van der Waals surface area contributed by atoms with Crippen molar-refractivity contribution in [1.82, 2.24) is 0 Å². The van der Waals surface area contributed by atoms with Gasteiger partial charge in [0.2, 0.25) is 0 Å². The van der Waals surface area contributed by atoms with E-state index in [1.807, 2.05) is 0 Å². The summed E-state index contributed by atoms with van der Waals surface area (Å²) in [6.45, 7) is 5.26. The van der Waals surface area contributed by atoms with Gasteiger partial charge in [0.15, 0.2) is 5.78 Å². The fourth-order valence-electron chi connectivity index (χ4n) is 3.23. The number of carboxylic acid groups (broad SMARTS) is 1. The molecule has 0 fully saturated rings. The van der Waals surface area contributed by atoms with Crippen LogP contribution < -0.4 is 4.74 Å². The Morgan fingerprint density at radius 3 is 2.52 bits per heavy atom. The van der Waals surface area contributed by atoms with Gasteiger partial charge >= 0.3 is 5.97 Å². The van der Waals surface area contributed by atoms with Crippen molar-refractivity contribution in [2.45, 2.75) is 32.8 Å². The third-order valence-electron chi connectivity index (χ3n) is 4.74. The summed E-state index contributed by atoms with van der Waals surface area (Å²) in [6, 6.07) is 4.61. The van der Waals surface area contributed by atoms with E-state index in [2.05, 4.69) is 0 Å². The third-order valence-corrected chi connectivity index (χ3v) is 4.74. The predicted octanol–water partition coefficient (Wildman–Crippen LogP) is 2.47. The number of aromatic carboxylic acids is 1. The first-order valence-corrected chi connectivity index (χ1v) is 7.46. The molecule has 0 aromatic heterocycles. The number of rotatable bonds is 4. The van der Waals surface area contributed by atoms with Crippen molar-refractivity contribution in [1.29, 1.82) is 0 Å². The number of hydrogen-bond acceptors (Lipinski definition) is 4. The van der Waals surface area contributed by atoms with Crippen LogP contribution in [-0.4, -0.2) is 34.7 Å². The Morgan fingerprint density at radius 2 is 1.96 bits per heavy atom. The number of carbonyl (C=O) groups excluding carboxylic acids is 1. The van der Waals surface area contributed by atoms with E-state index in [4.69, 9.17) is 4.74 Å². The van der Waals surface area contributed by atoms with E-state index in [1.165, 1.54) is 31.4 Å². The lowest BCUT2D eigenvalue weighted by molar-refractivity contribution is -0.132. The Labute approximate surface area is 135 Å².